The SMILES string of the molecule is Nc1nc(C[C@@H]2O[C@H](COCc3ccc(Br)cc3)[C@@H](O)[C@H]2O)nc(NC2Cc3ccccc3C2)n1. The Balaban J connectivity index is 1.17. The van der Waals surface area contributed by atoms with E-state index < -0.39 is 24.4 Å². The van der Waals surface area contributed by atoms with Crippen LogP contribution in [0.15, 0.2) is 53.0 Å². The number of ether oxygens (including phenoxy) is 2. The molecular weight excluding hydrogens is 514 g/mol. The molecule has 184 valence electrons. The van der Waals surface area contributed by atoms with E-state index in [1.165, 1.54) is 11.1 Å². The molecular formula is C25H28BrN5O4. The monoisotopic (exact) mass is 541 g/mol. The summed E-state index contributed by atoms with van der Waals surface area (Å²) in [6.07, 6.45) is -1.54. The van der Waals surface area contributed by atoms with Crippen LogP contribution in [0.4, 0.5) is 11.9 Å². The number of anilines is 2. The van der Waals surface area contributed by atoms with Gasteiger partial charge in [0, 0.05) is 16.9 Å². The summed E-state index contributed by atoms with van der Waals surface area (Å²) in [4.78, 5) is 12.9. The quantitative estimate of drug-likeness (QED) is 0.337. The molecule has 1 aromatic heterocycles. The minimum absolute atomic E-state index is 0.0930. The number of aliphatic hydroxyl groups is 2. The maximum absolute atomic E-state index is 10.6. The summed E-state index contributed by atoms with van der Waals surface area (Å²) >= 11 is 3.40. The van der Waals surface area contributed by atoms with Crippen LogP contribution in [-0.4, -0.2) is 62.2 Å². The van der Waals surface area contributed by atoms with Gasteiger partial charge in [-0.1, -0.05) is 52.3 Å². The van der Waals surface area contributed by atoms with Crippen LogP contribution in [0.2, 0.25) is 0 Å². The number of halogens is 1. The summed E-state index contributed by atoms with van der Waals surface area (Å²) in [7, 11) is 0. The van der Waals surface area contributed by atoms with Gasteiger partial charge >= 0.3 is 0 Å². The first-order valence-corrected chi connectivity index (χ1v) is 12.4. The molecule has 10 heteroatoms. The van der Waals surface area contributed by atoms with E-state index in [0.717, 1.165) is 22.9 Å². The third-order valence-corrected chi connectivity index (χ3v) is 6.92. The van der Waals surface area contributed by atoms with E-state index in [2.05, 4.69) is 48.3 Å². The summed E-state index contributed by atoms with van der Waals surface area (Å²) in [6.45, 7) is 0.532. The van der Waals surface area contributed by atoms with Crippen molar-refractivity contribution in [3.63, 3.8) is 0 Å². The van der Waals surface area contributed by atoms with Crippen molar-refractivity contribution < 1.29 is 19.7 Å². The molecule has 1 aliphatic heterocycles. The Morgan fingerprint density at radius 2 is 1.66 bits per heavy atom. The Hall–Kier alpha value is -2.63. The molecule has 2 aliphatic rings. The molecule has 3 aromatic rings. The van der Waals surface area contributed by atoms with Crippen molar-refractivity contribution in [2.45, 2.75) is 56.3 Å². The molecule has 4 atom stereocenters. The number of hydrogen-bond donors (Lipinski definition) is 4. The highest BCUT2D eigenvalue weighted by atomic mass is 79.9. The molecule has 0 radical (unpaired) electrons. The molecule has 0 spiro atoms. The Morgan fingerprint density at radius 3 is 2.37 bits per heavy atom. The number of nitrogens with zero attached hydrogens (tertiary/aromatic N) is 3. The van der Waals surface area contributed by atoms with Crippen molar-refractivity contribution in [1.29, 1.82) is 0 Å². The molecule has 2 aromatic carbocycles. The summed E-state index contributed by atoms with van der Waals surface area (Å²) in [5, 5.41) is 24.4. The highest BCUT2D eigenvalue weighted by Crippen LogP contribution is 2.26. The molecule has 0 saturated carbocycles. The highest BCUT2D eigenvalue weighted by molar-refractivity contribution is 9.10. The van der Waals surface area contributed by atoms with Crippen LogP contribution < -0.4 is 11.1 Å². The highest BCUT2D eigenvalue weighted by Gasteiger charge is 2.43. The van der Waals surface area contributed by atoms with Gasteiger partial charge in [-0.15, -0.1) is 0 Å². The van der Waals surface area contributed by atoms with Gasteiger partial charge in [0.1, 0.15) is 24.1 Å². The fourth-order valence-electron chi connectivity index (χ4n) is 4.62. The number of nitrogens with two attached hydrogens (primary N) is 1. The number of fused-ring (bicyclic) bond motifs is 1. The maximum atomic E-state index is 10.6. The Labute approximate surface area is 211 Å². The van der Waals surface area contributed by atoms with Gasteiger partial charge in [0.05, 0.1) is 19.3 Å². The molecule has 35 heavy (non-hydrogen) atoms. The Morgan fingerprint density at radius 1 is 0.971 bits per heavy atom. The molecule has 0 bridgehead atoms. The van der Waals surface area contributed by atoms with Crippen molar-refractivity contribution in [1.82, 2.24) is 15.0 Å². The second kappa shape index (κ2) is 10.5. The van der Waals surface area contributed by atoms with Crippen LogP contribution >= 0.6 is 15.9 Å². The summed E-state index contributed by atoms with van der Waals surface area (Å²) in [5.74, 6) is 0.881. The van der Waals surface area contributed by atoms with Gasteiger partial charge in [0.25, 0.3) is 0 Å². The van der Waals surface area contributed by atoms with E-state index in [-0.39, 0.29) is 25.0 Å². The first-order valence-electron chi connectivity index (χ1n) is 11.6. The van der Waals surface area contributed by atoms with Gasteiger partial charge in [-0.05, 0) is 41.7 Å². The molecule has 2 heterocycles. The average Bonchev–Trinajstić information content (AvgIpc) is 3.35. The van der Waals surface area contributed by atoms with Crippen LogP contribution in [0.25, 0.3) is 0 Å². The minimum atomic E-state index is -1.09. The fraction of sp³-hybridized carbons (Fsp3) is 0.400. The van der Waals surface area contributed by atoms with Crippen molar-refractivity contribution >= 4 is 27.8 Å². The molecule has 1 fully saturated rings. The molecule has 5 N–H and O–H groups in total. The molecule has 0 amide bonds. The number of rotatable bonds is 8. The van der Waals surface area contributed by atoms with Gasteiger partial charge in [-0.25, -0.2) is 0 Å². The first kappa shape index (κ1) is 24.1. The third kappa shape index (κ3) is 5.79. The van der Waals surface area contributed by atoms with E-state index >= 15 is 0 Å². The summed E-state index contributed by atoms with van der Waals surface area (Å²) < 4.78 is 12.6. The molecule has 0 unspecified atom stereocenters. The van der Waals surface area contributed by atoms with Gasteiger partial charge in [-0.2, -0.15) is 15.0 Å². The number of aromatic nitrogens is 3. The second-order valence-electron chi connectivity index (χ2n) is 8.99. The number of nitrogens with one attached hydrogen (secondary N) is 1. The van der Waals surface area contributed by atoms with E-state index in [0.29, 0.717) is 18.4 Å². The van der Waals surface area contributed by atoms with E-state index in [1.807, 2.05) is 36.4 Å². The van der Waals surface area contributed by atoms with Crippen LogP contribution in [0.5, 0.6) is 0 Å². The minimum Gasteiger partial charge on any atom is -0.388 e. The van der Waals surface area contributed by atoms with E-state index in [4.69, 9.17) is 15.2 Å². The Kier molecular flexibility index (Phi) is 7.26. The molecule has 9 nitrogen and oxygen atoms in total. The lowest BCUT2D eigenvalue weighted by Gasteiger charge is -2.16. The van der Waals surface area contributed by atoms with Crippen molar-refractivity contribution in [2.75, 3.05) is 17.7 Å². The van der Waals surface area contributed by atoms with Gasteiger partial charge in [-0.3, -0.25) is 0 Å². The van der Waals surface area contributed by atoms with Gasteiger partial charge in [0.2, 0.25) is 11.9 Å². The first-order chi connectivity index (χ1) is 16.9. The Bertz CT molecular complexity index is 1140. The summed E-state index contributed by atoms with van der Waals surface area (Å²) in [5.41, 5.74) is 9.57. The number of aliphatic hydroxyl groups excluding tert-OH is 2. The van der Waals surface area contributed by atoms with Crippen LogP contribution in [0.1, 0.15) is 22.5 Å². The largest absolute Gasteiger partial charge is 0.388 e. The fourth-order valence-corrected chi connectivity index (χ4v) is 4.89. The normalized spacial score (nSPS) is 24.0. The molecule has 1 saturated heterocycles. The van der Waals surface area contributed by atoms with Crippen LogP contribution in [-0.2, 0) is 35.3 Å². The van der Waals surface area contributed by atoms with Gasteiger partial charge < -0.3 is 30.7 Å². The maximum Gasteiger partial charge on any atom is 0.227 e. The van der Waals surface area contributed by atoms with Crippen LogP contribution in [0.3, 0.4) is 0 Å². The van der Waals surface area contributed by atoms with E-state index in [1.54, 1.807) is 0 Å². The zero-order valence-corrected chi connectivity index (χ0v) is 20.6. The lowest BCUT2D eigenvalue weighted by Crippen LogP contribution is -2.35. The van der Waals surface area contributed by atoms with Crippen molar-refractivity contribution in [3.8, 4) is 0 Å². The number of hydrogen-bond acceptors (Lipinski definition) is 9. The molecule has 5 rings (SSSR count). The van der Waals surface area contributed by atoms with Crippen molar-refractivity contribution in [3.05, 3.63) is 75.5 Å². The smallest absolute Gasteiger partial charge is 0.227 e. The van der Waals surface area contributed by atoms with Crippen molar-refractivity contribution in [2.24, 2.45) is 0 Å². The third-order valence-electron chi connectivity index (χ3n) is 6.39. The molecule has 1 aliphatic carbocycles. The standard InChI is InChI=1S/C25H28BrN5O4/c26-17-7-5-14(6-8-17)12-34-13-20-23(33)22(32)19(35-20)11-21-29-24(27)31-25(30-21)28-18-9-15-3-1-2-4-16(15)10-18/h1-8,18-20,22-23,32-33H,9-13H2,(H3,27,28,29,30,31)/t19-,20+,22-,23+/m0/s1. The lowest BCUT2D eigenvalue weighted by atomic mass is 10.1. The average molecular weight is 542 g/mol. The number of benzene rings is 2. The number of nitrogen functional groups attached to an aromatic ring is 1. The summed E-state index contributed by atoms with van der Waals surface area (Å²) in [6, 6.07) is 16.3. The van der Waals surface area contributed by atoms with Gasteiger partial charge in [0.15, 0.2) is 0 Å². The predicted molar refractivity (Wildman–Crippen MR) is 134 cm³/mol. The lowest BCUT2D eigenvalue weighted by molar-refractivity contribution is -0.0482. The topological polar surface area (TPSA) is 136 Å². The van der Waals surface area contributed by atoms with E-state index in [9.17, 15) is 10.2 Å². The second-order valence-corrected chi connectivity index (χ2v) is 9.91. The van der Waals surface area contributed by atoms with Crippen LogP contribution in [0, 0.1) is 0 Å². The zero-order valence-electron chi connectivity index (χ0n) is 19.0. The predicted octanol–water partition coefficient (Wildman–Crippen LogP) is 2.04. The zero-order chi connectivity index (χ0) is 24.4.